The Kier molecular flexibility index (Phi) is 6.62. The van der Waals surface area contributed by atoms with Crippen molar-refractivity contribution in [2.45, 2.75) is 52.1 Å². The van der Waals surface area contributed by atoms with Crippen molar-refractivity contribution in [1.82, 2.24) is 0 Å². The molecule has 2 unspecified atom stereocenters. The van der Waals surface area contributed by atoms with Gasteiger partial charge in [0.2, 0.25) is 0 Å². The fourth-order valence-corrected chi connectivity index (χ4v) is 3.53. The molecular weight excluding hydrogens is 284 g/mol. The summed E-state index contributed by atoms with van der Waals surface area (Å²) in [6.07, 6.45) is 5.26. The zero-order valence-electron chi connectivity index (χ0n) is 10.1. The molecule has 2 atom stereocenters. The minimum absolute atomic E-state index is 0.188. The summed E-state index contributed by atoms with van der Waals surface area (Å²) in [7, 11) is 0. The second-order valence-electron chi connectivity index (χ2n) is 4.27. The number of thiophene rings is 1. The molecule has 1 rings (SSSR count). The maximum Gasteiger partial charge on any atom is 0.0616 e. The summed E-state index contributed by atoms with van der Waals surface area (Å²) in [6.45, 7) is 4.38. The summed E-state index contributed by atoms with van der Waals surface area (Å²) in [5.41, 5.74) is 0. The summed E-state index contributed by atoms with van der Waals surface area (Å²) in [4.78, 5) is 1.27. The highest BCUT2D eigenvalue weighted by molar-refractivity contribution is 9.10. The minimum Gasteiger partial charge on any atom is -0.392 e. The minimum atomic E-state index is -0.188. The van der Waals surface area contributed by atoms with Crippen molar-refractivity contribution in [3.63, 3.8) is 0 Å². The molecule has 3 heteroatoms. The van der Waals surface area contributed by atoms with Crippen molar-refractivity contribution in [3.8, 4) is 0 Å². The number of hydrogen-bond donors (Lipinski definition) is 1. The number of unbranched alkanes of at least 4 members (excludes halogenated alkanes) is 1. The Labute approximate surface area is 111 Å². The zero-order chi connectivity index (χ0) is 12.0. The Hall–Kier alpha value is 0.140. The maximum absolute atomic E-state index is 10.2. The normalized spacial score (nSPS) is 15.0. The first-order chi connectivity index (χ1) is 7.69. The summed E-state index contributed by atoms with van der Waals surface area (Å²) in [5.74, 6) is 0.453. The molecule has 92 valence electrons. The predicted molar refractivity (Wildman–Crippen MR) is 75.0 cm³/mol. The lowest BCUT2D eigenvalue weighted by Crippen LogP contribution is -2.22. The van der Waals surface area contributed by atoms with E-state index in [1.165, 1.54) is 17.7 Å². The van der Waals surface area contributed by atoms with E-state index in [2.05, 4.69) is 41.2 Å². The molecule has 16 heavy (non-hydrogen) atoms. The molecule has 0 aliphatic rings. The third kappa shape index (κ3) is 4.19. The second-order valence-corrected chi connectivity index (χ2v) is 6.13. The molecule has 0 saturated heterocycles. The highest BCUT2D eigenvalue weighted by Crippen LogP contribution is 2.27. The van der Waals surface area contributed by atoms with Gasteiger partial charge in [-0.15, -0.1) is 11.3 Å². The molecule has 0 bridgehead atoms. The molecule has 1 nitrogen and oxygen atoms in total. The smallest absolute Gasteiger partial charge is 0.0616 e. The van der Waals surface area contributed by atoms with Gasteiger partial charge in [0.25, 0.3) is 0 Å². The van der Waals surface area contributed by atoms with Gasteiger partial charge >= 0.3 is 0 Å². The van der Waals surface area contributed by atoms with Crippen LogP contribution >= 0.6 is 27.3 Å². The molecule has 1 aromatic heterocycles. The lowest BCUT2D eigenvalue weighted by Gasteiger charge is -2.21. The zero-order valence-corrected chi connectivity index (χ0v) is 12.5. The first-order valence-electron chi connectivity index (χ1n) is 6.08. The van der Waals surface area contributed by atoms with Gasteiger partial charge in [0.1, 0.15) is 0 Å². The van der Waals surface area contributed by atoms with Crippen LogP contribution in [0.15, 0.2) is 15.9 Å². The predicted octanol–water partition coefficient (Wildman–Crippen LogP) is 4.63. The average Bonchev–Trinajstić information content (AvgIpc) is 2.65. The summed E-state index contributed by atoms with van der Waals surface area (Å²) < 4.78 is 1.14. The molecule has 0 saturated carbocycles. The Bertz CT molecular complexity index is 298. The van der Waals surface area contributed by atoms with Crippen LogP contribution in [0.2, 0.25) is 0 Å². The Morgan fingerprint density at radius 1 is 1.44 bits per heavy atom. The number of hydrogen-bond acceptors (Lipinski definition) is 2. The van der Waals surface area contributed by atoms with E-state index in [0.717, 1.165) is 23.7 Å². The van der Waals surface area contributed by atoms with Crippen molar-refractivity contribution in [1.29, 1.82) is 0 Å². The van der Waals surface area contributed by atoms with Crippen LogP contribution in [0.3, 0.4) is 0 Å². The molecule has 0 aliphatic carbocycles. The quantitative estimate of drug-likeness (QED) is 0.778. The molecule has 0 radical (unpaired) electrons. The van der Waals surface area contributed by atoms with Crippen molar-refractivity contribution in [2.24, 2.45) is 5.92 Å². The summed E-state index contributed by atoms with van der Waals surface area (Å²) in [5, 5.41) is 12.3. The molecule has 0 aromatic carbocycles. The Morgan fingerprint density at radius 3 is 2.69 bits per heavy atom. The van der Waals surface area contributed by atoms with Gasteiger partial charge in [-0.3, -0.25) is 0 Å². The molecular formula is C13H21BrOS. The van der Waals surface area contributed by atoms with E-state index in [4.69, 9.17) is 0 Å². The SMILES string of the molecule is CCCCC(CC)C(O)Cc1sccc1Br. The van der Waals surface area contributed by atoms with Crippen LogP contribution in [0.1, 0.15) is 44.4 Å². The fraction of sp³-hybridized carbons (Fsp3) is 0.692. The topological polar surface area (TPSA) is 20.2 Å². The molecule has 1 aromatic rings. The van der Waals surface area contributed by atoms with Gasteiger partial charge < -0.3 is 5.11 Å². The van der Waals surface area contributed by atoms with Crippen LogP contribution in [0.5, 0.6) is 0 Å². The maximum atomic E-state index is 10.2. The molecule has 0 aliphatic heterocycles. The van der Waals surface area contributed by atoms with Gasteiger partial charge in [-0.2, -0.15) is 0 Å². The molecule has 0 fully saturated rings. The van der Waals surface area contributed by atoms with Gasteiger partial charge in [-0.1, -0.05) is 33.1 Å². The monoisotopic (exact) mass is 304 g/mol. The van der Waals surface area contributed by atoms with E-state index in [1.54, 1.807) is 11.3 Å². The van der Waals surface area contributed by atoms with E-state index in [9.17, 15) is 5.11 Å². The van der Waals surface area contributed by atoms with Crippen LogP contribution in [-0.2, 0) is 6.42 Å². The first kappa shape index (κ1) is 14.2. The van der Waals surface area contributed by atoms with Crippen LogP contribution < -0.4 is 0 Å². The summed E-state index contributed by atoms with van der Waals surface area (Å²) in [6, 6.07) is 2.06. The molecule has 0 spiro atoms. The van der Waals surface area contributed by atoms with Gasteiger partial charge in [-0.25, -0.2) is 0 Å². The standard InChI is InChI=1S/C13H21BrOS/c1-3-5-6-10(4-2)12(15)9-13-11(14)7-8-16-13/h7-8,10,12,15H,3-6,9H2,1-2H3. The lowest BCUT2D eigenvalue weighted by molar-refractivity contribution is 0.0993. The second kappa shape index (κ2) is 7.46. The fourth-order valence-electron chi connectivity index (χ4n) is 1.96. The van der Waals surface area contributed by atoms with Gasteiger partial charge in [0, 0.05) is 15.8 Å². The van der Waals surface area contributed by atoms with Crippen LogP contribution in [0.4, 0.5) is 0 Å². The van der Waals surface area contributed by atoms with Gasteiger partial charge in [-0.05, 0) is 39.7 Å². The van der Waals surface area contributed by atoms with Crippen molar-refractivity contribution in [3.05, 3.63) is 20.8 Å². The average molecular weight is 305 g/mol. The molecule has 1 N–H and O–H groups in total. The summed E-state index contributed by atoms with van der Waals surface area (Å²) >= 11 is 5.24. The highest BCUT2D eigenvalue weighted by atomic mass is 79.9. The number of aliphatic hydroxyl groups excluding tert-OH is 1. The van der Waals surface area contributed by atoms with Gasteiger partial charge in [0.05, 0.1) is 6.10 Å². The Balaban J connectivity index is 2.49. The molecule has 0 amide bonds. The largest absolute Gasteiger partial charge is 0.392 e. The van der Waals surface area contributed by atoms with Crippen LogP contribution in [-0.4, -0.2) is 11.2 Å². The van der Waals surface area contributed by atoms with E-state index in [1.807, 2.05) is 0 Å². The van der Waals surface area contributed by atoms with Crippen molar-refractivity contribution < 1.29 is 5.11 Å². The van der Waals surface area contributed by atoms with E-state index in [0.29, 0.717) is 5.92 Å². The number of aliphatic hydroxyl groups is 1. The molecule has 1 heterocycles. The third-order valence-corrected chi connectivity index (χ3v) is 5.03. The van der Waals surface area contributed by atoms with Crippen molar-refractivity contribution >= 4 is 27.3 Å². The first-order valence-corrected chi connectivity index (χ1v) is 7.76. The van der Waals surface area contributed by atoms with Crippen molar-refractivity contribution in [2.75, 3.05) is 0 Å². The van der Waals surface area contributed by atoms with E-state index >= 15 is 0 Å². The van der Waals surface area contributed by atoms with Gasteiger partial charge in [0.15, 0.2) is 0 Å². The van der Waals surface area contributed by atoms with E-state index in [-0.39, 0.29) is 6.10 Å². The number of rotatable bonds is 7. The van der Waals surface area contributed by atoms with Crippen LogP contribution in [0, 0.1) is 5.92 Å². The lowest BCUT2D eigenvalue weighted by atomic mass is 9.91. The third-order valence-electron chi connectivity index (χ3n) is 3.08. The highest BCUT2D eigenvalue weighted by Gasteiger charge is 2.18. The number of halogens is 1. The van der Waals surface area contributed by atoms with E-state index < -0.39 is 0 Å². The van der Waals surface area contributed by atoms with Crippen LogP contribution in [0.25, 0.3) is 0 Å². The Morgan fingerprint density at radius 2 is 2.19 bits per heavy atom.